The zero-order valence-electron chi connectivity index (χ0n) is 12.5. The van der Waals surface area contributed by atoms with E-state index in [0.29, 0.717) is 29.2 Å². The number of carbonyl (C=O) groups is 1. The van der Waals surface area contributed by atoms with E-state index in [1.54, 1.807) is 18.7 Å². The zero-order valence-corrected chi connectivity index (χ0v) is 12.5. The van der Waals surface area contributed by atoms with E-state index in [-0.39, 0.29) is 0 Å². The second-order valence-electron chi connectivity index (χ2n) is 5.02. The molecular weight excluding hydrogens is 304 g/mol. The summed E-state index contributed by atoms with van der Waals surface area (Å²) in [5, 5.41) is 2.60. The molecule has 4 aromatic rings. The van der Waals surface area contributed by atoms with E-state index in [4.69, 9.17) is 0 Å². The number of pyridine rings is 1. The number of hydrogen-bond donors (Lipinski definition) is 1. The average Bonchev–Trinajstić information content (AvgIpc) is 3.08. The molecule has 0 radical (unpaired) electrons. The molecule has 1 N–H and O–H groups in total. The lowest BCUT2D eigenvalue weighted by Gasteiger charge is -2.07. The van der Waals surface area contributed by atoms with E-state index in [0.717, 1.165) is 11.3 Å². The lowest BCUT2D eigenvalue weighted by molar-refractivity contribution is -0.105. The Labute approximate surface area is 137 Å². The summed E-state index contributed by atoms with van der Waals surface area (Å²) >= 11 is 0. The molecule has 0 aliphatic heterocycles. The zero-order chi connectivity index (χ0) is 16.4. The number of carbonyl (C=O) groups excluding carboxylic acids is 1. The van der Waals surface area contributed by atoms with Gasteiger partial charge in [0.25, 0.3) is 0 Å². The Morgan fingerprint density at radius 2 is 1.92 bits per heavy atom. The van der Waals surface area contributed by atoms with Gasteiger partial charge in [0.1, 0.15) is 6.33 Å². The van der Waals surface area contributed by atoms with Crippen LogP contribution in [0.25, 0.3) is 28.2 Å². The molecule has 0 aliphatic carbocycles. The van der Waals surface area contributed by atoms with Gasteiger partial charge in [-0.1, -0.05) is 18.2 Å². The first-order valence-corrected chi connectivity index (χ1v) is 7.28. The van der Waals surface area contributed by atoms with Crippen LogP contribution in [0, 0.1) is 0 Å². The highest BCUT2D eigenvalue weighted by molar-refractivity contribution is 5.90. The molecule has 1 amide bonds. The fraction of sp³-hybridized carbons (Fsp3) is 0. The van der Waals surface area contributed by atoms with E-state index >= 15 is 0 Å². The van der Waals surface area contributed by atoms with Crippen LogP contribution in [0.5, 0.6) is 0 Å². The van der Waals surface area contributed by atoms with Crippen LogP contribution in [0.3, 0.4) is 0 Å². The maximum Gasteiger partial charge on any atom is 0.212 e. The first kappa shape index (κ1) is 14.0. The van der Waals surface area contributed by atoms with Gasteiger partial charge in [-0.05, 0) is 24.3 Å². The Hall–Kier alpha value is -3.61. The fourth-order valence-corrected chi connectivity index (χ4v) is 2.46. The van der Waals surface area contributed by atoms with Crippen molar-refractivity contribution >= 4 is 23.4 Å². The third-order valence-electron chi connectivity index (χ3n) is 3.55. The Kier molecular flexibility index (Phi) is 3.43. The normalized spacial score (nSPS) is 10.7. The molecule has 0 atom stereocenters. The molecule has 0 fully saturated rings. The van der Waals surface area contributed by atoms with Crippen LogP contribution in [-0.4, -0.2) is 30.9 Å². The Bertz CT molecular complexity index is 998. The SMILES string of the molecule is O=CNc1nc(-c2cccnc2)nc2c1ncn2-c1ccccc1. The number of rotatable bonds is 4. The van der Waals surface area contributed by atoms with E-state index in [1.807, 2.05) is 47.0 Å². The fourth-order valence-electron chi connectivity index (χ4n) is 2.46. The van der Waals surface area contributed by atoms with Crippen molar-refractivity contribution in [2.24, 2.45) is 0 Å². The van der Waals surface area contributed by atoms with Crippen molar-refractivity contribution in [2.75, 3.05) is 5.32 Å². The molecule has 0 unspecified atom stereocenters. The Morgan fingerprint density at radius 1 is 1.04 bits per heavy atom. The summed E-state index contributed by atoms with van der Waals surface area (Å²) in [5.41, 5.74) is 2.82. The predicted molar refractivity (Wildman–Crippen MR) is 89.6 cm³/mol. The largest absolute Gasteiger partial charge is 0.311 e. The van der Waals surface area contributed by atoms with E-state index in [1.165, 1.54) is 0 Å². The van der Waals surface area contributed by atoms with Crippen LogP contribution in [0.15, 0.2) is 61.2 Å². The molecule has 0 aliphatic rings. The van der Waals surface area contributed by atoms with E-state index < -0.39 is 0 Å². The standard InChI is InChI=1S/C17H12N6O/c24-11-20-16-14-17(22-15(21-16)12-5-4-8-18-9-12)23(10-19-14)13-6-2-1-3-7-13/h1-11H,(H,20,21,22,24). The smallest absolute Gasteiger partial charge is 0.212 e. The van der Waals surface area contributed by atoms with Gasteiger partial charge in [-0.15, -0.1) is 0 Å². The molecule has 24 heavy (non-hydrogen) atoms. The molecular formula is C17H12N6O. The van der Waals surface area contributed by atoms with Gasteiger partial charge in [0.15, 0.2) is 22.8 Å². The van der Waals surface area contributed by atoms with Gasteiger partial charge >= 0.3 is 0 Å². The van der Waals surface area contributed by atoms with Gasteiger partial charge in [0.2, 0.25) is 6.41 Å². The summed E-state index contributed by atoms with van der Waals surface area (Å²) in [6, 6.07) is 13.4. The van der Waals surface area contributed by atoms with Crippen molar-refractivity contribution in [3.63, 3.8) is 0 Å². The molecule has 116 valence electrons. The molecule has 0 spiro atoms. The van der Waals surface area contributed by atoms with E-state index in [2.05, 4.69) is 25.3 Å². The predicted octanol–water partition coefficient (Wildman–Crippen LogP) is 2.45. The van der Waals surface area contributed by atoms with Crippen LogP contribution in [0.4, 0.5) is 5.82 Å². The van der Waals surface area contributed by atoms with Gasteiger partial charge in [-0.2, -0.15) is 0 Å². The molecule has 7 heteroatoms. The second-order valence-corrected chi connectivity index (χ2v) is 5.02. The van der Waals surface area contributed by atoms with Crippen LogP contribution in [0.1, 0.15) is 0 Å². The highest BCUT2D eigenvalue weighted by Crippen LogP contribution is 2.25. The molecule has 7 nitrogen and oxygen atoms in total. The van der Waals surface area contributed by atoms with Gasteiger partial charge < -0.3 is 5.32 Å². The van der Waals surface area contributed by atoms with Crippen molar-refractivity contribution in [2.45, 2.75) is 0 Å². The van der Waals surface area contributed by atoms with Crippen molar-refractivity contribution in [1.82, 2.24) is 24.5 Å². The maximum absolute atomic E-state index is 10.9. The summed E-state index contributed by atoms with van der Waals surface area (Å²) < 4.78 is 1.85. The van der Waals surface area contributed by atoms with E-state index in [9.17, 15) is 4.79 Å². The number of anilines is 1. The van der Waals surface area contributed by atoms with Crippen molar-refractivity contribution in [3.8, 4) is 17.1 Å². The third kappa shape index (κ3) is 2.38. The van der Waals surface area contributed by atoms with Crippen LogP contribution >= 0.6 is 0 Å². The number of amides is 1. The number of nitrogens with one attached hydrogen (secondary N) is 1. The highest BCUT2D eigenvalue weighted by atomic mass is 16.1. The minimum atomic E-state index is 0.364. The number of para-hydroxylation sites is 1. The van der Waals surface area contributed by atoms with Crippen molar-refractivity contribution in [1.29, 1.82) is 0 Å². The summed E-state index contributed by atoms with van der Waals surface area (Å²) in [4.78, 5) is 28.4. The van der Waals surface area contributed by atoms with Gasteiger partial charge in [-0.25, -0.2) is 15.0 Å². The molecule has 3 heterocycles. The Morgan fingerprint density at radius 3 is 2.67 bits per heavy atom. The van der Waals surface area contributed by atoms with Gasteiger partial charge in [0.05, 0.1) is 0 Å². The van der Waals surface area contributed by atoms with Gasteiger partial charge in [-0.3, -0.25) is 14.3 Å². The number of fused-ring (bicyclic) bond motifs is 1. The Balaban J connectivity index is 1.98. The number of benzene rings is 1. The highest BCUT2D eigenvalue weighted by Gasteiger charge is 2.15. The molecule has 0 saturated carbocycles. The quantitative estimate of drug-likeness (QED) is 0.584. The van der Waals surface area contributed by atoms with Crippen LogP contribution in [-0.2, 0) is 4.79 Å². The number of hydrogen-bond acceptors (Lipinski definition) is 5. The average molecular weight is 316 g/mol. The third-order valence-corrected chi connectivity index (χ3v) is 3.55. The van der Waals surface area contributed by atoms with Crippen LogP contribution in [0.2, 0.25) is 0 Å². The molecule has 3 aromatic heterocycles. The number of imidazole rings is 1. The molecule has 1 aromatic carbocycles. The number of nitrogens with zero attached hydrogens (tertiary/aromatic N) is 5. The van der Waals surface area contributed by atoms with Crippen molar-refractivity contribution < 1.29 is 4.79 Å². The molecule has 0 bridgehead atoms. The topological polar surface area (TPSA) is 85.6 Å². The lowest BCUT2D eigenvalue weighted by atomic mass is 10.2. The summed E-state index contributed by atoms with van der Waals surface area (Å²) in [6.45, 7) is 0. The maximum atomic E-state index is 10.9. The molecule has 4 rings (SSSR count). The minimum absolute atomic E-state index is 0.364. The van der Waals surface area contributed by atoms with Gasteiger partial charge in [0, 0.05) is 23.6 Å². The first-order chi connectivity index (χ1) is 11.9. The first-order valence-electron chi connectivity index (χ1n) is 7.28. The summed E-state index contributed by atoms with van der Waals surface area (Å²) in [7, 11) is 0. The summed E-state index contributed by atoms with van der Waals surface area (Å²) in [5.74, 6) is 0.834. The molecule has 0 saturated heterocycles. The summed E-state index contributed by atoms with van der Waals surface area (Å²) in [6.07, 6.45) is 5.60. The minimum Gasteiger partial charge on any atom is -0.311 e. The lowest BCUT2D eigenvalue weighted by Crippen LogP contribution is -2.03. The second kappa shape index (κ2) is 5.88. The number of aromatic nitrogens is 5. The monoisotopic (exact) mass is 316 g/mol. The van der Waals surface area contributed by atoms with Crippen LogP contribution < -0.4 is 5.32 Å². The van der Waals surface area contributed by atoms with Crippen molar-refractivity contribution in [3.05, 3.63) is 61.2 Å².